The van der Waals surface area contributed by atoms with E-state index in [1.165, 1.54) is 41.5 Å². The Morgan fingerprint density at radius 3 is 2.74 bits per heavy atom. The topological polar surface area (TPSA) is 84.9 Å². The summed E-state index contributed by atoms with van der Waals surface area (Å²) in [6, 6.07) is 10.7. The first-order chi connectivity index (χ1) is 18.9. The van der Waals surface area contributed by atoms with Gasteiger partial charge < -0.3 is 15.4 Å². The van der Waals surface area contributed by atoms with Crippen molar-refractivity contribution in [1.82, 2.24) is 24.6 Å². The highest BCUT2D eigenvalue weighted by Crippen LogP contribution is 2.42. The quantitative estimate of drug-likeness (QED) is 0.201. The summed E-state index contributed by atoms with van der Waals surface area (Å²) in [7, 11) is 0. The molecule has 1 saturated heterocycles. The first-order valence-electron chi connectivity index (χ1n) is 12.1. The van der Waals surface area contributed by atoms with Crippen LogP contribution in [0.4, 0.5) is 24.1 Å². The van der Waals surface area contributed by atoms with E-state index in [2.05, 4.69) is 30.0 Å². The van der Waals surface area contributed by atoms with Crippen LogP contribution in [0.1, 0.15) is 30.1 Å². The highest BCUT2D eigenvalue weighted by Gasteiger charge is 2.34. The SMILES string of the molecule is FC(F)(F)c1ccccc1Oc1cc(Sc2ccnc3ccsc23)cnc1Nc1nc(C2CCNCC2)ns1. The van der Waals surface area contributed by atoms with E-state index in [0.717, 1.165) is 52.9 Å². The van der Waals surface area contributed by atoms with Crippen molar-refractivity contribution in [2.75, 3.05) is 18.4 Å². The number of para-hydroxylation sites is 1. The van der Waals surface area contributed by atoms with Crippen LogP contribution < -0.4 is 15.4 Å². The summed E-state index contributed by atoms with van der Waals surface area (Å²) in [6.07, 6.45) is 0.719. The Balaban J connectivity index is 1.33. The highest BCUT2D eigenvalue weighted by atomic mass is 32.2. The molecule has 1 aliphatic heterocycles. The van der Waals surface area contributed by atoms with Gasteiger partial charge in [-0.1, -0.05) is 23.9 Å². The standard InChI is InChI=1S/C26H21F3N6OS3/c27-26(28,29)17-3-1-2-4-19(17)36-20-13-16(38-21-7-11-31-18-8-12-37-22(18)21)14-32-24(20)34-25-33-23(35-39-25)15-5-9-30-10-6-15/h1-4,7-8,11-15,30H,5-6,9-10H2,(H,32,33,34,35). The largest absolute Gasteiger partial charge is 0.453 e. The van der Waals surface area contributed by atoms with E-state index >= 15 is 0 Å². The van der Waals surface area contributed by atoms with Gasteiger partial charge in [-0.05, 0) is 55.6 Å². The number of piperidine rings is 1. The minimum Gasteiger partial charge on any atom is -0.453 e. The van der Waals surface area contributed by atoms with E-state index in [-0.39, 0.29) is 23.2 Å². The number of nitrogens with zero attached hydrogens (tertiary/aromatic N) is 4. The van der Waals surface area contributed by atoms with E-state index < -0.39 is 11.7 Å². The Morgan fingerprint density at radius 2 is 1.90 bits per heavy atom. The van der Waals surface area contributed by atoms with E-state index in [4.69, 9.17) is 4.74 Å². The fourth-order valence-corrected chi connectivity index (χ4v) is 6.78. The maximum Gasteiger partial charge on any atom is 0.419 e. The number of ether oxygens (including phenoxy) is 1. The molecule has 6 rings (SSSR count). The van der Waals surface area contributed by atoms with Crippen LogP contribution in [-0.4, -0.2) is 32.4 Å². The summed E-state index contributed by atoms with van der Waals surface area (Å²) in [5, 5.41) is 8.92. The Labute approximate surface area is 234 Å². The van der Waals surface area contributed by atoms with Gasteiger partial charge in [-0.25, -0.2) is 9.97 Å². The number of benzene rings is 1. The van der Waals surface area contributed by atoms with Crippen molar-refractivity contribution < 1.29 is 17.9 Å². The van der Waals surface area contributed by atoms with Crippen molar-refractivity contribution >= 4 is 55.8 Å². The van der Waals surface area contributed by atoms with Gasteiger partial charge in [0.05, 0.1) is 15.8 Å². The molecule has 7 nitrogen and oxygen atoms in total. The van der Waals surface area contributed by atoms with Crippen LogP contribution in [0, 0.1) is 0 Å². The van der Waals surface area contributed by atoms with Crippen molar-refractivity contribution in [1.29, 1.82) is 0 Å². The van der Waals surface area contributed by atoms with E-state index in [1.54, 1.807) is 29.8 Å². The summed E-state index contributed by atoms with van der Waals surface area (Å²) in [5.41, 5.74) is 0.0141. The van der Waals surface area contributed by atoms with Gasteiger partial charge in [0.15, 0.2) is 11.6 Å². The molecule has 0 saturated carbocycles. The summed E-state index contributed by atoms with van der Waals surface area (Å²) < 4.78 is 52.6. The average molecular weight is 587 g/mol. The molecular weight excluding hydrogens is 566 g/mol. The van der Waals surface area contributed by atoms with Crippen LogP contribution in [0.5, 0.6) is 11.5 Å². The number of fused-ring (bicyclic) bond motifs is 1. The van der Waals surface area contributed by atoms with Gasteiger partial charge in [0.25, 0.3) is 0 Å². The summed E-state index contributed by atoms with van der Waals surface area (Å²) in [5.74, 6) is 1.12. The molecule has 1 aliphatic rings. The molecule has 2 N–H and O–H groups in total. The van der Waals surface area contributed by atoms with Crippen LogP contribution >= 0.6 is 34.6 Å². The number of aromatic nitrogens is 4. The smallest absolute Gasteiger partial charge is 0.419 e. The van der Waals surface area contributed by atoms with Crippen LogP contribution in [-0.2, 0) is 6.18 Å². The van der Waals surface area contributed by atoms with Crippen LogP contribution in [0.25, 0.3) is 10.2 Å². The van der Waals surface area contributed by atoms with Crippen LogP contribution in [0.2, 0.25) is 0 Å². The van der Waals surface area contributed by atoms with Gasteiger partial charge in [0.1, 0.15) is 11.6 Å². The van der Waals surface area contributed by atoms with Gasteiger partial charge in [-0.3, -0.25) is 4.98 Å². The molecule has 0 unspecified atom stereocenters. The Morgan fingerprint density at radius 1 is 1.05 bits per heavy atom. The lowest BCUT2D eigenvalue weighted by atomic mass is 9.98. The van der Waals surface area contributed by atoms with Gasteiger partial charge in [0.2, 0.25) is 5.13 Å². The first kappa shape index (κ1) is 26.0. The molecule has 0 bridgehead atoms. The number of anilines is 2. The van der Waals surface area contributed by atoms with E-state index in [9.17, 15) is 13.2 Å². The summed E-state index contributed by atoms with van der Waals surface area (Å²) in [6.45, 7) is 1.83. The predicted octanol–water partition coefficient (Wildman–Crippen LogP) is 7.72. The number of hydrogen-bond acceptors (Lipinski definition) is 10. The molecule has 13 heteroatoms. The third-order valence-corrected chi connectivity index (χ3v) is 8.88. The number of pyridine rings is 2. The molecule has 0 aliphatic carbocycles. The first-order valence-corrected chi connectivity index (χ1v) is 14.6. The van der Waals surface area contributed by atoms with Gasteiger partial charge in [-0.2, -0.15) is 17.5 Å². The third kappa shape index (κ3) is 5.86. The third-order valence-electron chi connectivity index (χ3n) is 6.15. The molecule has 5 heterocycles. The van der Waals surface area contributed by atoms with Crippen molar-refractivity contribution in [3.05, 3.63) is 71.6 Å². The average Bonchev–Trinajstić information content (AvgIpc) is 3.61. The molecule has 0 atom stereocenters. The van der Waals surface area contributed by atoms with Gasteiger partial charge >= 0.3 is 6.18 Å². The highest BCUT2D eigenvalue weighted by molar-refractivity contribution is 7.99. The van der Waals surface area contributed by atoms with Crippen molar-refractivity contribution in [3.63, 3.8) is 0 Å². The zero-order valence-electron chi connectivity index (χ0n) is 20.2. The Bertz CT molecular complexity index is 1600. The summed E-state index contributed by atoms with van der Waals surface area (Å²) in [4.78, 5) is 15.2. The van der Waals surface area contributed by atoms with Gasteiger partial charge in [-0.15, -0.1) is 11.3 Å². The molecule has 0 radical (unpaired) electrons. The van der Waals surface area contributed by atoms with Gasteiger partial charge in [0, 0.05) is 45.7 Å². The summed E-state index contributed by atoms with van der Waals surface area (Å²) >= 11 is 4.20. The molecular formula is C26H21F3N6OS3. The fraction of sp³-hybridized carbons (Fsp3) is 0.231. The Hall–Kier alpha value is -3.26. The number of halogens is 3. The number of hydrogen-bond donors (Lipinski definition) is 2. The number of rotatable bonds is 7. The molecule has 0 amide bonds. The molecule has 1 fully saturated rings. The van der Waals surface area contributed by atoms with Crippen LogP contribution in [0.15, 0.2) is 70.0 Å². The van der Waals surface area contributed by atoms with Crippen molar-refractivity contribution in [2.24, 2.45) is 0 Å². The minimum atomic E-state index is -4.57. The molecule has 4 aromatic heterocycles. The second-order valence-electron chi connectivity index (χ2n) is 8.77. The Kier molecular flexibility index (Phi) is 7.38. The second-order valence-corrected chi connectivity index (χ2v) is 11.6. The number of thiophene rings is 1. The maximum absolute atomic E-state index is 13.7. The lowest BCUT2D eigenvalue weighted by Crippen LogP contribution is -2.27. The molecule has 0 spiro atoms. The lowest BCUT2D eigenvalue weighted by Gasteiger charge is -2.19. The van der Waals surface area contributed by atoms with E-state index in [0.29, 0.717) is 10.0 Å². The zero-order valence-corrected chi connectivity index (χ0v) is 22.7. The fourth-order valence-electron chi connectivity index (χ4n) is 4.25. The second kappa shape index (κ2) is 11.1. The van der Waals surface area contributed by atoms with E-state index in [1.807, 2.05) is 17.5 Å². The minimum absolute atomic E-state index is 0.145. The monoisotopic (exact) mass is 586 g/mol. The lowest BCUT2D eigenvalue weighted by molar-refractivity contribution is -0.138. The number of alkyl halides is 3. The van der Waals surface area contributed by atoms with Crippen LogP contribution in [0.3, 0.4) is 0 Å². The molecule has 39 heavy (non-hydrogen) atoms. The maximum atomic E-state index is 13.7. The molecule has 5 aromatic rings. The van der Waals surface area contributed by atoms with Crippen molar-refractivity contribution in [2.45, 2.75) is 34.7 Å². The molecule has 1 aromatic carbocycles. The molecule has 200 valence electrons. The van der Waals surface area contributed by atoms with Crippen molar-refractivity contribution in [3.8, 4) is 11.5 Å². The number of nitrogens with one attached hydrogen (secondary N) is 2. The predicted molar refractivity (Wildman–Crippen MR) is 148 cm³/mol. The zero-order chi connectivity index (χ0) is 26.8. The normalized spacial score (nSPS) is 14.5.